The fourth-order valence-corrected chi connectivity index (χ4v) is 3.52. The van der Waals surface area contributed by atoms with Crippen molar-refractivity contribution in [2.24, 2.45) is 17.3 Å². The van der Waals surface area contributed by atoms with E-state index in [0.29, 0.717) is 18.3 Å². The van der Waals surface area contributed by atoms with E-state index in [-0.39, 0.29) is 11.3 Å². The summed E-state index contributed by atoms with van der Waals surface area (Å²) in [5.41, 5.74) is 1.31. The van der Waals surface area contributed by atoms with Gasteiger partial charge in [0, 0.05) is 11.3 Å². The molecule has 0 radical (unpaired) electrons. The molecule has 3 rings (SSSR count). The number of carbonyl (C=O) groups is 1. The van der Waals surface area contributed by atoms with Crippen LogP contribution in [0.5, 0.6) is 0 Å². The fourth-order valence-electron chi connectivity index (χ4n) is 3.52. The van der Waals surface area contributed by atoms with Crippen LogP contribution >= 0.6 is 0 Å². The first-order chi connectivity index (χ1) is 9.19. The molecule has 2 aliphatic rings. The maximum Gasteiger partial charge on any atom is 0.158 e. The number of benzene rings is 1. The van der Waals surface area contributed by atoms with Crippen molar-refractivity contribution in [3.05, 3.63) is 48.0 Å². The molecule has 0 aromatic heterocycles. The highest BCUT2D eigenvalue weighted by molar-refractivity contribution is 5.93. The van der Waals surface area contributed by atoms with E-state index in [1.807, 2.05) is 18.2 Å². The minimum Gasteiger partial charge on any atom is -0.376 e. The lowest BCUT2D eigenvalue weighted by atomic mass is 9.81. The largest absolute Gasteiger partial charge is 0.376 e. The summed E-state index contributed by atoms with van der Waals surface area (Å²) in [4.78, 5) is 11.8. The van der Waals surface area contributed by atoms with Gasteiger partial charge in [-0.2, -0.15) is 0 Å². The zero-order valence-electron chi connectivity index (χ0n) is 11.3. The van der Waals surface area contributed by atoms with Crippen molar-refractivity contribution in [3.8, 4) is 0 Å². The third-order valence-corrected chi connectivity index (χ3v) is 4.51. The normalized spacial score (nSPS) is 32.8. The first-order valence-electron chi connectivity index (χ1n) is 7.03. The van der Waals surface area contributed by atoms with Crippen LogP contribution in [0.1, 0.15) is 25.3 Å². The summed E-state index contributed by atoms with van der Waals surface area (Å²) in [6, 6.07) is 10.2. The van der Waals surface area contributed by atoms with E-state index in [2.05, 4.69) is 25.1 Å². The van der Waals surface area contributed by atoms with Crippen LogP contribution in [-0.4, -0.2) is 12.4 Å². The van der Waals surface area contributed by atoms with Crippen LogP contribution in [-0.2, 0) is 16.1 Å². The summed E-state index contributed by atoms with van der Waals surface area (Å²) >= 11 is 0. The van der Waals surface area contributed by atoms with Crippen molar-refractivity contribution in [3.63, 3.8) is 0 Å². The molecule has 1 unspecified atom stereocenters. The summed E-state index contributed by atoms with van der Waals surface area (Å²) in [6.45, 7) is 3.57. The van der Waals surface area contributed by atoms with E-state index in [1.165, 1.54) is 5.56 Å². The Bertz CT molecular complexity index is 491. The lowest BCUT2D eigenvalue weighted by Gasteiger charge is -2.27. The first kappa shape index (κ1) is 12.6. The van der Waals surface area contributed by atoms with Gasteiger partial charge in [0.25, 0.3) is 0 Å². The minimum absolute atomic E-state index is 0.104. The molecule has 0 heterocycles. The fraction of sp³-hybridized carbons (Fsp3) is 0.471. The Labute approximate surface area is 114 Å². The lowest BCUT2D eigenvalue weighted by Crippen LogP contribution is -2.26. The quantitative estimate of drug-likeness (QED) is 0.825. The number of hydrogen-bond acceptors (Lipinski definition) is 2. The molecule has 0 amide bonds. The molecule has 1 aromatic rings. The van der Waals surface area contributed by atoms with Gasteiger partial charge in [-0.25, -0.2) is 0 Å². The highest BCUT2D eigenvalue weighted by atomic mass is 16.5. The van der Waals surface area contributed by atoms with Gasteiger partial charge < -0.3 is 4.74 Å². The zero-order valence-corrected chi connectivity index (χ0v) is 11.3. The number of rotatable bonds is 4. The molecule has 2 nitrogen and oxygen atoms in total. The molecule has 0 saturated heterocycles. The Hall–Kier alpha value is -1.41. The van der Waals surface area contributed by atoms with Gasteiger partial charge in [-0.15, -0.1) is 0 Å². The van der Waals surface area contributed by atoms with E-state index in [9.17, 15) is 4.79 Å². The maximum atomic E-state index is 11.8. The number of carbonyl (C=O) groups excluding carboxylic acids is 1. The van der Waals surface area contributed by atoms with Gasteiger partial charge in [0.05, 0.1) is 13.2 Å². The Kier molecular flexibility index (Phi) is 3.28. The molecule has 100 valence electrons. The van der Waals surface area contributed by atoms with Crippen LogP contribution < -0.4 is 0 Å². The highest BCUT2D eigenvalue weighted by Gasteiger charge is 2.46. The molecule has 2 bridgehead atoms. The van der Waals surface area contributed by atoms with Gasteiger partial charge in [0.15, 0.2) is 5.78 Å². The van der Waals surface area contributed by atoms with Crippen molar-refractivity contribution in [2.45, 2.75) is 26.4 Å². The molecule has 2 aliphatic carbocycles. The molecular formula is C17H20O2. The van der Waals surface area contributed by atoms with Crippen LogP contribution in [0.4, 0.5) is 0 Å². The summed E-state index contributed by atoms with van der Waals surface area (Å²) < 4.78 is 5.90. The lowest BCUT2D eigenvalue weighted by molar-refractivity contribution is -0.119. The molecule has 1 aromatic carbocycles. The van der Waals surface area contributed by atoms with Crippen LogP contribution in [0.15, 0.2) is 42.5 Å². The number of ketones is 1. The Morgan fingerprint density at radius 1 is 1.26 bits per heavy atom. The maximum absolute atomic E-state index is 11.8. The molecular weight excluding hydrogens is 236 g/mol. The number of hydrogen-bond donors (Lipinski definition) is 0. The van der Waals surface area contributed by atoms with E-state index >= 15 is 0 Å². The average Bonchev–Trinajstić information content (AvgIpc) is 2.70. The summed E-state index contributed by atoms with van der Waals surface area (Å²) in [7, 11) is 0. The van der Waals surface area contributed by atoms with Crippen molar-refractivity contribution >= 4 is 5.78 Å². The summed E-state index contributed by atoms with van der Waals surface area (Å²) in [5.74, 6) is 1.02. The van der Waals surface area contributed by atoms with Gasteiger partial charge in [-0.3, -0.25) is 4.79 Å². The Balaban J connectivity index is 1.61. The zero-order chi connectivity index (χ0) is 13.3. The topological polar surface area (TPSA) is 26.3 Å². The molecule has 0 N–H and O–H groups in total. The van der Waals surface area contributed by atoms with Crippen LogP contribution in [0, 0.1) is 17.3 Å². The second kappa shape index (κ2) is 4.93. The van der Waals surface area contributed by atoms with Crippen molar-refractivity contribution < 1.29 is 9.53 Å². The standard InChI is InChI=1S/C17H20O2/c1-13-9-17(8-7-16(18)15(13)10-17)12-19-11-14-5-3-2-4-6-14/h2-8,13,15H,9-12H2,1H3/t13?,15-,17+/m1/s1. The van der Waals surface area contributed by atoms with E-state index < -0.39 is 0 Å². The monoisotopic (exact) mass is 256 g/mol. The van der Waals surface area contributed by atoms with Crippen molar-refractivity contribution in [1.29, 1.82) is 0 Å². The van der Waals surface area contributed by atoms with Crippen LogP contribution in [0.2, 0.25) is 0 Å². The predicted octanol–water partition coefficient (Wildman–Crippen LogP) is 3.37. The predicted molar refractivity (Wildman–Crippen MR) is 74.6 cm³/mol. The molecule has 2 heteroatoms. The minimum atomic E-state index is 0.104. The second-order valence-corrected chi connectivity index (χ2v) is 6.07. The SMILES string of the molecule is CC1C[C@@]2(COCc3ccccc3)C=CC(=O)[C@@H]1C2. The molecule has 0 aliphatic heterocycles. The van der Waals surface area contributed by atoms with Gasteiger partial charge in [-0.05, 0) is 30.4 Å². The Morgan fingerprint density at radius 2 is 2.05 bits per heavy atom. The van der Waals surface area contributed by atoms with Crippen LogP contribution in [0.3, 0.4) is 0 Å². The van der Waals surface area contributed by atoms with E-state index in [0.717, 1.165) is 19.4 Å². The van der Waals surface area contributed by atoms with Gasteiger partial charge in [0.1, 0.15) is 0 Å². The number of ether oxygens (including phenoxy) is 1. The Morgan fingerprint density at radius 3 is 2.84 bits per heavy atom. The number of fused-ring (bicyclic) bond motifs is 2. The van der Waals surface area contributed by atoms with Crippen molar-refractivity contribution in [1.82, 2.24) is 0 Å². The summed E-state index contributed by atoms with van der Waals surface area (Å²) in [6.07, 6.45) is 5.93. The first-order valence-corrected chi connectivity index (χ1v) is 7.03. The smallest absolute Gasteiger partial charge is 0.158 e. The van der Waals surface area contributed by atoms with E-state index in [1.54, 1.807) is 6.08 Å². The molecule has 1 fully saturated rings. The molecule has 1 saturated carbocycles. The summed E-state index contributed by atoms with van der Waals surface area (Å²) in [5, 5.41) is 0. The highest BCUT2D eigenvalue weighted by Crippen LogP contribution is 2.49. The van der Waals surface area contributed by atoms with E-state index in [4.69, 9.17) is 4.74 Å². The third kappa shape index (κ3) is 2.50. The average molecular weight is 256 g/mol. The molecule has 0 spiro atoms. The molecule has 3 atom stereocenters. The van der Waals surface area contributed by atoms with Gasteiger partial charge in [0.2, 0.25) is 0 Å². The van der Waals surface area contributed by atoms with Gasteiger partial charge in [-0.1, -0.05) is 43.3 Å². The van der Waals surface area contributed by atoms with Gasteiger partial charge >= 0.3 is 0 Å². The number of allylic oxidation sites excluding steroid dienone is 1. The second-order valence-electron chi connectivity index (χ2n) is 6.07. The van der Waals surface area contributed by atoms with Crippen molar-refractivity contribution in [2.75, 3.05) is 6.61 Å². The van der Waals surface area contributed by atoms with Crippen LogP contribution in [0.25, 0.3) is 0 Å². The molecule has 19 heavy (non-hydrogen) atoms. The third-order valence-electron chi connectivity index (χ3n) is 4.51.